The van der Waals surface area contributed by atoms with Gasteiger partial charge in [0.1, 0.15) is 0 Å². The first-order valence-electron chi connectivity index (χ1n) is 6.35. The van der Waals surface area contributed by atoms with Gasteiger partial charge in [-0.25, -0.2) is 4.98 Å². The van der Waals surface area contributed by atoms with Gasteiger partial charge in [-0.15, -0.1) is 0 Å². The fourth-order valence-corrected chi connectivity index (χ4v) is 1.93. The van der Waals surface area contributed by atoms with E-state index in [9.17, 15) is 4.79 Å². The quantitative estimate of drug-likeness (QED) is 0.784. The van der Waals surface area contributed by atoms with Crippen molar-refractivity contribution in [2.75, 3.05) is 6.61 Å². The van der Waals surface area contributed by atoms with E-state index < -0.39 is 0 Å². The summed E-state index contributed by atoms with van der Waals surface area (Å²) in [4.78, 5) is 22.7. The number of fused-ring (bicyclic) bond motifs is 1. The predicted molar refractivity (Wildman–Crippen MR) is 75.8 cm³/mol. The van der Waals surface area contributed by atoms with Crippen molar-refractivity contribution in [3.63, 3.8) is 0 Å². The van der Waals surface area contributed by atoms with Crippen molar-refractivity contribution in [3.8, 4) is 6.01 Å². The number of nitrogens with zero attached hydrogens (tertiary/aromatic N) is 2. The average Bonchev–Trinajstić information content (AvgIpc) is 2.48. The highest BCUT2D eigenvalue weighted by Crippen LogP contribution is 2.07. The summed E-state index contributed by atoms with van der Waals surface area (Å²) in [7, 11) is 0. The first kappa shape index (κ1) is 12.3. The Morgan fingerprint density at radius 1 is 1.10 bits per heavy atom. The van der Waals surface area contributed by atoms with Gasteiger partial charge in [-0.2, -0.15) is 4.98 Å². The summed E-state index contributed by atoms with van der Waals surface area (Å²) < 4.78 is 5.49. The lowest BCUT2D eigenvalue weighted by molar-refractivity contribution is 0.296. The molecule has 0 fully saturated rings. The van der Waals surface area contributed by atoms with Crippen LogP contribution in [0, 0.1) is 0 Å². The molecule has 1 aromatic carbocycles. The van der Waals surface area contributed by atoms with Crippen molar-refractivity contribution in [1.29, 1.82) is 0 Å². The predicted octanol–water partition coefficient (Wildman–Crippen LogP) is 1.94. The van der Waals surface area contributed by atoms with Crippen molar-refractivity contribution in [3.05, 3.63) is 64.6 Å². The standard InChI is InChI=1S/C15H13N3O2/c19-14-12-7-4-9-16-13(12)17-15(18-14)20-10-8-11-5-2-1-3-6-11/h1-7,9H,8,10H2,(H,16,17,18,19). The molecule has 5 nitrogen and oxygen atoms in total. The third-order valence-electron chi connectivity index (χ3n) is 2.93. The molecule has 5 heteroatoms. The van der Waals surface area contributed by atoms with Gasteiger partial charge in [0.25, 0.3) is 11.6 Å². The van der Waals surface area contributed by atoms with E-state index in [1.54, 1.807) is 18.3 Å². The zero-order chi connectivity index (χ0) is 13.8. The molecule has 2 heterocycles. The molecule has 0 saturated heterocycles. The molecule has 1 N–H and O–H groups in total. The van der Waals surface area contributed by atoms with Gasteiger partial charge in [0.15, 0.2) is 5.65 Å². The van der Waals surface area contributed by atoms with Gasteiger partial charge in [0.05, 0.1) is 12.0 Å². The third kappa shape index (κ3) is 2.66. The van der Waals surface area contributed by atoms with Gasteiger partial charge in [0, 0.05) is 12.6 Å². The summed E-state index contributed by atoms with van der Waals surface area (Å²) in [6.07, 6.45) is 2.35. The number of nitrogens with one attached hydrogen (secondary N) is 1. The lowest BCUT2D eigenvalue weighted by atomic mass is 10.2. The maximum absolute atomic E-state index is 11.8. The molecule has 0 aliphatic rings. The van der Waals surface area contributed by atoms with E-state index in [2.05, 4.69) is 15.0 Å². The van der Waals surface area contributed by atoms with E-state index in [1.165, 1.54) is 5.56 Å². The Hall–Kier alpha value is -2.69. The number of aromatic nitrogens is 3. The van der Waals surface area contributed by atoms with E-state index >= 15 is 0 Å². The Morgan fingerprint density at radius 3 is 2.80 bits per heavy atom. The van der Waals surface area contributed by atoms with Gasteiger partial charge < -0.3 is 4.74 Å². The molecule has 0 aliphatic heterocycles. The third-order valence-corrected chi connectivity index (χ3v) is 2.93. The first-order chi connectivity index (χ1) is 9.83. The van der Waals surface area contributed by atoms with E-state index in [0.29, 0.717) is 17.6 Å². The molecule has 0 bridgehead atoms. The van der Waals surface area contributed by atoms with Gasteiger partial charge in [0.2, 0.25) is 0 Å². The zero-order valence-corrected chi connectivity index (χ0v) is 10.7. The van der Waals surface area contributed by atoms with Crippen LogP contribution in [0.3, 0.4) is 0 Å². The monoisotopic (exact) mass is 267 g/mol. The molecular formula is C15H13N3O2. The van der Waals surface area contributed by atoms with Crippen molar-refractivity contribution >= 4 is 11.0 Å². The Bertz CT molecular complexity index is 769. The number of hydrogen-bond donors (Lipinski definition) is 1. The van der Waals surface area contributed by atoms with Crippen molar-refractivity contribution < 1.29 is 4.74 Å². The minimum absolute atomic E-state index is 0.206. The highest BCUT2D eigenvalue weighted by molar-refractivity contribution is 5.72. The van der Waals surface area contributed by atoms with Crippen LogP contribution in [-0.4, -0.2) is 21.6 Å². The van der Waals surface area contributed by atoms with Gasteiger partial charge in [-0.05, 0) is 17.7 Å². The topological polar surface area (TPSA) is 67.9 Å². The van der Waals surface area contributed by atoms with E-state index in [4.69, 9.17) is 4.74 Å². The highest BCUT2D eigenvalue weighted by Gasteiger charge is 2.04. The van der Waals surface area contributed by atoms with Crippen molar-refractivity contribution in [2.45, 2.75) is 6.42 Å². The summed E-state index contributed by atoms with van der Waals surface area (Å²) in [5.74, 6) is 0. The van der Waals surface area contributed by atoms with Crippen LogP contribution < -0.4 is 10.3 Å². The highest BCUT2D eigenvalue weighted by atomic mass is 16.5. The number of rotatable bonds is 4. The Labute approximate surface area is 115 Å². The SMILES string of the molecule is O=c1[nH]c(OCCc2ccccc2)nc2ncccc12. The number of pyridine rings is 1. The molecule has 0 saturated carbocycles. The van der Waals surface area contributed by atoms with Crippen molar-refractivity contribution in [1.82, 2.24) is 15.0 Å². The van der Waals surface area contributed by atoms with Gasteiger partial charge >= 0.3 is 0 Å². The second-order valence-electron chi connectivity index (χ2n) is 4.33. The summed E-state index contributed by atoms with van der Waals surface area (Å²) in [5.41, 5.74) is 1.33. The number of ether oxygens (including phenoxy) is 1. The fourth-order valence-electron chi connectivity index (χ4n) is 1.93. The lowest BCUT2D eigenvalue weighted by Gasteiger charge is -2.05. The van der Waals surface area contributed by atoms with Crippen LogP contribution in [0.15, 0.2) is 53.5 Å². The van der Waals surface area contributed by atoms with E-state index in [0.717, 1.165) is 6.42 Å². The normalized spacial score (nSPS) is 10.6. The van der Waals surface area contributed by atoms with Crippen LogP contribution in [0.25, 0.3) is 11.0 Å². The Balaban J connectivity index is 1.73. The molecular weight excluding hydrogens is 254 g/mol. The summed E-state index contributed by atoms with van der Waals surface area (Å²) in [5, 5.41) is 0.461. The van der Waals surface area contributed by atoms with Crippen LogP contribution in [0.4, 0.5) is 0 Å². The van der Waals surface area contributed by atoms with Gasteiger partial charge in [-0.1, -0.05) is 30.3 Å². The van der Waals surface area contributed by atoms with E-state index in [1.807, 2.05) is 30.3 Å². The second kappa shape index (κ2) is 5.52. The minimum atomic E-state index is -0.238. The fraction of sp³-hybridized carbons (Fsp3) is 0.133. The maximum atomic E-state index is 11.8. The number of aromatic amines is 1. The van der Waals surface area contributed by atoms with Crippen LogP contribution >= 0.6 is 0 Å². The number of benzene rings is 1. The van der Waals surface area contributed by atoms with Crippen LogP contribution in [0.5, 0.6) is 6.01 Å². The maximum Gasteiger partial charge on any atom is 0.298 e. The summed E-state index contributed by atoms with van der Waals surface area (Å²) in [6.45, 7) is 0.450. The smallest absolute Gasteiger partial charge is 0.298 e. The lowest BCUT2D eigenvalue weighted by Crippen LogP contribution is -2.13. The molecule has 0 aliphatic carbocycles. The Kier molecular flexibility index (Phi) is 3.41. The molecule has 0 atom stereocenters. The molecule has 3 rings (SSSR count). The average molecular weight is 267 g/mol. The minimum Gasteiger partial charge on any atom is -0.464 e. The molecule has 2 aromatic heterocycles. The number of H-pyrrole nitrogens is 1. The molecule has 3 aromatic rings. The Morgan fingerprint density at radius 2 is 1.95 bits per heavy atom. The molecule has 0 amide bonds. The van der Waals surface area contributed by atoms with Crippen LogP contribution in [0.1, 0.15) is 5.56 Å². The summed E-state index contributed by atoms with van der Waals surface area (Å²) >= 11 is 0. The molecule has 0 spiro atoms. The largest absolute Gasteiger partial charge is 0.464 e. The van der Waals surface area contributed by atoms with Crippen LogP contribution in [0.2, 0.25) is 0 Å². The van der Waals surface area contributed by atoms with Crippen molar-refractivity contribution in [2.24, 2.45) is 0 Å². The zero-order valence-electron chi connectivity index (χ0n) is 10.7. The molecule has 0 unspecified atom stereocenters. The molecule has 0 radical (unpaired) electrons. The van der Waals surface area contributed by atoms with Crippen LogP contribution in [-0.2, 0) is 6.42 Å². The summed E-state index contributed by atoms with van der Waals surface area (Å²) in [6, 6.07) is 13.6. The molecule has 20 heavy (non-hydrogen) atoms. The van der Waals surface area contributed by atoms with E-state index in [-0.39, 0.29) is 11.6 Å². The first-order valence-corrected chi connectivity index (χ1v) is 6.35. The number of hydrogen-bond acceptors (Lipinski definition) is 4. The second-order valence-corrected chi connectivity index (χ2v) is 4.33. The molecule has 100 valence electrons. The van der Waals surface area contributed by atoms with Gasteiger partial charge in [-0.3, -0.25) is 9.78 Å².